The number of carbonyl (C=O) groups is 1. The van der Waals surface area contributed by atoms with Gasteiger partial charge in [0.1, 0.15) is 0 Å². The zero-order chi connectivity index (χ0) is 19.7. The number of benzene rings is 2. The van der Waals surface area contributed by atoms with Crippen molar-refractivity contribution in [1.29, 1.82) is 0 Å². The molecule has 2 rings (SSSR count). The number of hydrazine groups is 1. The van der Waals surface area contributed by atoms with Crippen LogP contribution in [-0.4, -0.2) is 14.3 Å². The van der Waals surface area contributed by atoms with Gasteiger partial charge in [0, 0.05) is 5.56 Å². The van der Waals surface area contributed by atoms with E-state index in [1.54, 1.807) is 38.1 Å². The maximum absolute atomic E-state index is 12.7. The molecule has 0 radical (unpaired) electrons. The number of carbonyl (C=O) groups excluding carboxylic acids is 1. The molecule has 2 aromatic carbocycles. The van der Waals surface area contributed by atoms with Crippen molar-refractivity contribution >= 4 is 15.9 Å². The van der Waals surface area contributed by atoms with Gasteiger partial charge < -0.3 is 0 Å². The first-order valence-corrected chi connectivity index (χ1v) is 9.90. The quantitative estimate of drug-likeness (QED) is 0.804. The lowest BCUT2D eigenvalue weighted by molar-refractivity contribution is 0.0945. The Morgan fingerprint density at radius 2 is 1.42 bits per heavy atom. The lowest BCUT2D eigenvalue weighted by Gasteiger charge is -2.22. The van der Waals surface area contributed by atoms with Gasteiger partial charge in [0.25, 0.3) is 15.9 Å². The smallest absolute Gasteiger partial charge is 0.266 e. The first kappa shape index (κ1) is 20.1. The fourth-order valence-corrected chi connectivity index (χ4v) is 4.04. The minimum atomic E-state index is -3.88. The van der Waals surface area contributed by atoms with E-state index in [2.05, 4.69) is 31.0 Å². The highest BCUT2D eigenvalue weighted by Crippen LogP contribution is 2.28. The minimum Gasteiger partial charge on any atom is -0.273 e. The average molecular weight is 375 g/mol. The Bertz CT molecular complexity index is 902. The van der Waals surface area contributed by atoms with Crippen molar-refractivity contribution in [3.63, 3.8) is 0 Å². The molecule has 6 heteroatoms. The second-order valence-corrected chi connectivity index (χ2v) is 9.23. The zero-order valence-electron chi connectivity index (χ0n) is 16.1. The molecule has 2 N–H and O–H groups in total. The summed E-state index contributed by atoms with van der Waals surface area (Å²) in [6, 6.07) is 10.6. The maximum atomic E-state index is 12.7. The van der Waals surface area contributed by atoms with Crippen molar-refractivity contribution in [2.75, 3.05) is 0 Å². The van der Waals surface area contributed by atoms with Crippen molar-refractivity contribution in [1.82, 2.24) is 10.3 Å². The molecule has 0 saturated carbocycles. The van der Waals surface area contributed by atoms with Gasteiger partial charge in [-0.3, -0.25) is 10.2 Å². The number of aryl methyl sites for hydroxylation is 3. The van der Waals surface area contributed by atoms with E-state index >= 15 is 0 Å². The summed E-state index contributed by atoms with van der Waals surface area (Å²) < 4.78 is 25.4. The molecule has 26 heavy (non-hydrogen) atoms. The fraction of sp³-hybridized carbons (Fsp3) is 0.350. The number of hydrogen-bond acceptors (Lipinski definition) is 3. The molecule has 0 fully saturated rings. The molecule has 140 valence electrons. The Kier molecular flexibility index (Phi) is 5.58. The Morgan fingerprint density at radius 3 is 1.88 bits per heavy atom. The Morgan fingerprint density at radius 1 is 0.923 bits per heavy atom. The monoisotopic (exact) mass is 374 g/mol. The molecule has 0 aliphatic carbocycles. The van der Waals surface area contributed by atoms with E-state index in [1.807, 2.05) is 19.1 Å². The molecular weight excluding hydrogens is 348 g/mol. The second-order valence-electron chi connectivity index (χ2n) is 7.61. The molecule has 2 aromatic rings. The highest BCUT2D eigenvalue weighted by Gasteiger charge is 2.23. The summed E-state index contributed by atoms with van der Waals surface area (Å²) in [5, 5.41) is 0. The molecular formula is C20H26N2O3S. The topological polar surface area (TPSA) is 75.3 Å². The molecule has 0 saturated heterocycles. The Hall–Kier alpha value is -2.18. The van der Waals surface area contributed by atoms with Crippen LogP contribution in [0.2, 0.25) is 0 Å². The zero-order valence-corrected chi connectivity index (χ0v) is 16.9. The van der Waals surface area contributed by atoms with Crippen molar-refractivity contribution < 1.29 is 13.2 Å². The van der Waals surface area contributed by atoms with Gasteiger partial charge in [-0.25, -0.2) is 8.42 Å². The summed E-state index contributed by atoms with van der Waals surface area (Å²) in [6.07, 6.45) is 0. The van der Waals surface area contributed by atoms with Gasteiger partial charge in [-0.1, -0.05) is 50.6 Å². The van der Waals surface area contributed by atoms with E-state index in [4.69, 9.17) is 0 Å². The number of hydrogen-bond donors (Lipinski definition) is 2. The average Bonchev–Trinajstić information content (AvgIpc) is 2.51. The van der Waals surface area contributed by atoms with E-state index < -0.39 is 15.9 Å². The van der Waals surface area contributed by atoms with E-state index in [-0.39, 0.29) is 10.3 Å². The number of sulfonamides is 1. The molecule has 5 nitrogen and oxygen atoms in total. The van der Waals surface area contributed by atoms with Gasteiger partial charge in [0.05, 0.1) is 4.90 Å². The SMILES string of the molecule is Cc1ccc(C(=O)NNS(=O)(=O)c2c(C)cc(C(C)(C)C)cc2C)cc1. The molecule has 1 amide bonds. The molecule has 0 aromatic heterocycles. The first-order chi connectivity index (χ1) is 11.9. The van der Waals surface area contributed by atoms with Crippen LogP contribution in [0.3, 0.4) is 0 Å². The lowest BCUT2D eigenvalue weighted by Crippen LogP contribution is -2.42. The first-order valence-electron chi connectivity index (χ1n) is 8.42. The van der Waals surface area contributed by atoms with Crippen LogP contribution in [0, 0.1) is 20.8 Å². The van der Waals surface area contributed by atoms with Crippen LogP contribution in [0.5, 0.6) is 0 Å². The second kappa shape index (κ2) is 7.21. The lowest BCUT2D eigenvalue weighted by atomic mass is 9.85. The standard InChI is InChI=1S/C20H26N2O3S/c1-13-7-9-16(10-8-13)19(23)21-22-26(24,25)18-14(2)11-17(12-15(18)3)20(4,5)6/h7-12,22H,1-6H3,(H,21,23). The minimum absolute atomic E-state index is 0.0785. The van der Waals surface area contributed by atoms with Gasteiger partial charge >= 0.3 is 0 Å². The van der Waals surface area contributed by atoms with Gasteiger partial charge in [-0.2, -0.15) is 0 Å². The van der Waals surface area contributed by atoms with E-state index in [0.717, 1.165) is 11.1 Å². The van der Waals surface area contributed by atoms with E-state index in [9.17, 15) is 13.2 Å². The van der Waals surface area contributed by atoms with Crippen molar-refractivity contribution in [2.45, 2.75) is 51.9 Å². The normalized spacial score (nSPS) is 12.1. The molecule has 0 bridgehead atoms. The third-order valence-electron chi connectivity index (χ3n) is 4.21. The molecule has 0 aliphatic rings. The summed E-state index contributed by atoms with van der Waals surface area (Å²) in [7, 11) is -3.88. The van der Waals surface area contributed by atoms with Crippen LogP contribution < -0.4 is 10.3 Å². The summed E-state index contributed by atoms with van der Waals surface area (Å²) in [6.45, 7) is 11.7. The summed E-state index contributed by atoms with van der Waals surface area (Å²) in [5.74, 6) is -0.504. The summed E-state index contributed by atoms with van der Waals surface area (Å²) in [5.41, 5.74) is 5.96. The van der Waals surface area contributed by atoms with Crippen LogP contribution in [-0.2, 0) is 15.4 Å². The molecule has 0 atom stereocenters. The highest BCUT2D eigenvalue weighted by molar-refractivity contribution is 7.89. The van der Waals surface area contributed by atoms with Crippen molar-refractivity contribution in [2.24, 2.45) is 0 Å². The Balaban J connectivity index is 2.25. The van der Waals surface area contributed by atoms with Crippen LogP contribution in [0.4, 0.5) is 0 Å². The van der Waals surface area contributed by atoms with Gasteiger partial charge in [0.2, 0.25) is 0 Å². The predicted molar refractivity (Wildman–Crippen MR) is 104 cm³/mol. The highest BCUT2D eigenvalue weighted by atomic mass is 32.2. The Labute approximate surface area is 155 Å². The molecule has 0 unspecified atom stereocenters. The number of amides is 1. The van der Waals surface area contributed by atoms with E-state index in [0.29, 0.717) is 16.7 Å². The predicted octanol–water partition coefficient (Wildman–Crippen LogP) is 3.53. The van der Waals surface area contributed by atoms with Crippen molar-refractivity contribution in [3.8, 4) is 0 Å². The van der Waals surface area contributed by atoms with Gasteiger partial charge in [-0.05, 0) is 55.0 Å². The molecule has 0 heterocycles. The number of rotatable bonds is 4. The van der Waals surface area contributed by atoms with Gasteiger partial charge in [-0.15, -0.1) is 4.83 Å². The van der Waals surface area contributed by atoms with Crippen LogP contribution in [0.15, 0.2) is 41.3 Å². The van der Waals surface area contributed by atoms with Gasteiger partial charge in [0.15, 0.2) is 0 Å². The van der Waals surface area contributed by atoms with E-state index in [1.165, 1.54) is 0 Å². The van der Waals surface area contributed by atoms with Crippen molar-refractivity contribution in [3.05, 3.63) is 64.2 Å². The summed E-state index contributed by atoms with van der Waals surface area (Å²) in [4.78, 5) is 14.5. The largest absolute Gasteiger partial charge is 0.273 e. The maximum Gasteiger partial charge on any atom is 0.266 e. The third-order valence-corrected chi connectivity index (χ3v) is 5.76. The summed E-state index contributed by atoms with van der Waals surface area (Å²) >= 11 is 0. The molecule has 0 aliphatic heterocycles. The molecule has 0 spiro atoms. The van der Waals surface area contributed by atoms with Crippen LogP contribution in [0.25, 0.3) is 0 Å². The van der Waals surface area contributed by atoms with Crippen LogP contribution >= 0.6 is 0 Å². The fourth-order valence-electron chi connectivity index (χ4n) is 2.75. The van der Waals surface area contributed by atoms with Crippen LogP contribution in [0.1, 0.15) is 53.4 Å². The third kappa shape index (κ3) is 4.51. The number of nitrogens with one attached hydrogen (secondary N) is 2.